The zero-order valence-corrected chi connectivity index (χ0v) is 16.1. The molecule has 1 rings (SSSR count). The first kappa shape index (κ1) is 21.4. The Morgan fingerprint density at radius 1 is 1.28 bits per heavy atom. The molecule has 0 aliphatic carbocycles. The Kier molecular flexibility index (Phi) is 9.48. The molecule has 25 heavy (non-hydrogen) atoms. The van der Waals surface area contributed by atoms with Gasteiger partial charge in [0, 0.05) is 25.8 Å². The van der Waals surface area contributed by atoms with E-state index < -0.39 is 10.0 Å². The lowest BCUT2D eigenvalue weighted by atomic mass is 10.1. The number of nitrogens with zero attached hydrogens (tertiary/aromatic N) is 1. The van der Waals surface area contributed by atoms with E-state index in [0.29, 0.717) is 32.3 Å². The number of aliphatic imine (C=N–C) groups is 1. The first-order chi connectivity index (χ1) is 11.8. The molecule has 0 bridgehead atoms. The summed E-state index contributed by atoms with van der Waals surface area (Å²) in [5.41, 5.74) is 7.42. The molecule has 0 unspecified atom stereocenters. The van der Waals surface area contributed by atoms with Crippen molar-refractivity contribution in [2.75, 3.05) is 19.8 Å². The molecule has 8 heteroatoms. The van der Waals surface area contributed by atoms with Crippen LogP contribution in [0.5, 0.6) is 0 Å². The number of nitrogens with one attached hydrogen (secondary N) is 2. The predicted molar refractivity (Wildman–Crippen MR) is 102 cm³/mol. The van der Waals surface area contributed by atoms with Gasteiger partial charge in [0.25, 0.3) is 0 Å². The number of benzene rings is 1. The van der Waals surface area contributed by atoms with E-state index in [2.05, 4.69) is 15.0 Å². The normalized spacial score (nSPS) is 12.6. The van der Waals surface area contributed by atoms with E-state index in [1.807, 2.05) is 25.1 Å². The van der Waals surface area contributed by atoms with Crippen LogP contribution in [0, 0.1) is 0 Å². The minimum absolute atomic E-state index is 0.0709. The lowest BCUT2D eigenvalue weighted by molar-refractivity contribution is 0.145. The van der Waals surface area contributed by atoms with Crippen molar-refractivity contribution in [3.05, 3.63) is 35.4 Å². The summed E-state index contributed by atoms with van der Waals surface area (Å²) in [4.78, 5) is 4.29. The number of guanidine groups is 1. The van der Waals surface area contributed by atoms with Crippen LogP contribution in [0.1, 0.15) is 38.3 Å². The summed E-state index contributed by atoms with van der Waals surface area (Å²) in [6, 6.07) is 7.22. The van der Waals surface area contributed by atoms with Crippen molar-refractivity contribution < 1.29 is 13.2 Å². The molecule has 4 N–H and O–H groups in total. The smallest absolute Gasteiger partial charge is 0.216 e. The molecule has 0 aliphatic heterocycles. The first-order valence-electron chi connectivity index (χ1n) is 8.52. The van der Waals surface area contributed by atoms with E-state index in [1.165, 1.54) is 0 Å². The fourth-order valence-electron chi connectivity index (χ4n) is 2.22. The maximum absolute atomic E-state index is 12.1. The van der Waals surface area contributed by atoms with Crippen molar-refractivity contribution in [2.45, 2.75) is 45.5 Å². The molecule has 0 spiro atoms. The molecule has 0 fully saturated rings. The third-order valence-corrected chi connectivity index (χ3v) is 4.80. The highest BCUT2D eigenvalue weighted by molar-refractivity contribution is 7.88. The van der Waals surface area contributed by atoms with Crippen molar-refractivity contribution in [2.24, 2.45) is 10.7 Å². The van der Waals surface area contributed by atoms with Crippen LogP contribution in [0.4, 0.5) is 0 Å². The Labute approximate surface area is 151 Å². The summed E-state index contributed by atoms with van der Waals surface area (Å²) in [5.74, 6) is 0.271. The first-order valence-corrected chi connectivity index (χ1v) is 10.2. The Bertz CT molecular complexity index is 645. The quantitative estimate of drug-likeness (QED) is 0.310. The predicted octanol–water partition coefficient (Wildman–Crippen LogP) is 1.35. The van der Waals surface area contributed by atoms with E-state index in [9.17, 15) is 8.42 Å². The van der Waals surface area contributed by atoms with Crippen LogP contribution in [0.3, 0.4) is 0 Å². The molecular weight excluding hydrogens is 340 g/mol. The molecule has 0 saturated heterocycles. The Morgan fingerprint density at radius 3 is 2.60 bits per heavy atom. The van der Waals surface area contributed by atoms with Crippen molar-refractivity contribution in [1.29, 1.82) is 0 Å². The highest BCUT2D eigenvalue weighted by Crippen LogP contribution is 2.13. The molecular formula is C17H30N4O3S. The zero-order valence-electron chi connectivity index (χ0n) is 15.3. The van der Waals surface area contributed by atoms with E-state index in [4.69, 9.17) is 10.5 Å². The average molecular weight is 371 g/mol. The number of rotatable bonds is 11. The molecule has 0 aliphatic rings. The lowest BCUT2D eigenvalue weighted by Gasteiger charge is -2.12. The largest absolute Gasteiger partial charge is 0.382 e. The van der Waals surface area contributed by atoms with Gasteiger partial charge in [-0.15, -0.1) is 0 Å². The summed E-state index contributed by atoms with van der Waals surface area (Å²) < 4.78 is 32.1. The van der Waals surface area contributed by atoms with Crippen molar-refractivity contribution >= 4 is 16.0 Å². The number of ether oxygens (including phenoxy) is 1. The highest BCUT2D eigenvalue weighted by Gasteiger charge is 2.15. The molecule has 7 nitrogen and oxygen atoms in total. The van der Waals surface area contributed by atoms with Gasteiger partial charge >= 0.3 is 0 Å². The molecule has 0 heterocycles. The van der Waals surface area contributed by atoms with E-state index in [0.717, 1.165) is 17.5 Å². The van der Waals surface area contributed by atoms with Crippen LogP contribution in [0.25, 0.3) is 0 Å². The average Bonchev–Trinajstić information content (AvgIpc) is 2.52. The van der Waals surface area contributed by atoms with Gasteiger partial charge in [-0.2, -0.15) is 0 Å². The van der Waals surface area contributed by atoms with E-state index in [-0.39, 0.29) is 11.8 Å². The minimum Gasteiger partial charge on any atom is -0.382 e. The van der Waals surface area contributed by atoms with E-state index >= 15 is 0 Å². The highest BCUT2D eigenvalue weighted by atomic mass is 32.2. The van der Waals surface area contributed by atoms with Gasteiger partial charge < -0.3 is 15.8 Å². The van der Waals surface area contributed by atoms with Crippen molar-refractivity contribution in [3.63, 3.8) is 0 Å². The number of hydrogen-bond donors (Lipinski definition) is 3. The SMILES string of the molecule is CCOCCCNC(N)=NCc1ccccc1CS(=O)(=O)NC(C)C. The van der Waals surface area contributed by atoms with Crippen LogP contribution in [-0.4, -0.2) is 40.2 Å². The number of sulfonamides is 1. The summed E-state index contributed by atoms with van der Waals surface area (Å²) in [5, 5.41) is 3.02. The van der Waals surface area contributed by atoms with Crippen molar-refractivity contribution in [1.82, 2.24) is 10.0 Å². The van der Waals surface area contributed by atoms with Crippen LogP contribution in [0.15, 0.2) is 29.3 Å². The standard InChI is InChI=1S/C17H30N4O3S/c1-4-24-11-7-10-19-17(18)20-12-15-8-5-6-9-16(15)13-25(22,23)21-14(2)3/h5-6,8-9,14,21H,4,7,10-13H2,1-3H3,(H3,18,19,20). The number of hydrogen-bond acceptors (Lipinski definition) is 4. The van der Waals surface area contributed by atoms with Crippen LogP contribution < -0.4 is 15.8 Å². The number of nitrogens with two attached hydrogens (primary N) is 1. The van der Waals surface area contributed by atoms with Gasteiger partial charge in [-0.05, 0) is 38.3 Å². The van der Waals surface area contributed by atoms with Gasteiger partial charge in [-0.1, -0.05) is 24.3 Å². The molecule has 0 aromatic heterocycles. The summed E-state index contributed by atoms with van der Waals surface area (Å²) in [6.07, 6.45) is 0.847. The van der Waals surface area contributed by atoms with Crippen molar-refractivity contribution in [3.8, 4) is 0 Å². The minimum atomic E-state index is -3.38. The zero-order chi connectivity index (χ0) is 18.7. The fraction of sp³-hybridized carbons (Fsp3) is 0.588. The van der Waals surface area contributed by atoms with Crippen LogP contribution in [0.2, 0.25) is 0 Å². The van der Waals surface area contributed by atoms with E-state index in [1.54, 1.807) is 19.9 Å². The second-order valence-corrected chi connectivity index (χ2v) is 7.73. The van der Waals surface area contributed by atoms with Gasteiger partial charge in [-0.25, -0.2) is 18.1 Å². The fourth-order valence-corrected chi connectivity index (χ4v) is 3.71. The maximum Gasteiger partial charge on any atom is 0.216 e. The molecule has 142 valence electrons. The second kappa shape index (κ2) is 11.1. The third-order valence-electron chi connectivity index (χ3n) is 3.27. The van der Waals surface area contributed by atoms with Gasteiger partial charge in [0.15, 0.2) is 5.96 Å². The third kappa shape index (κ3) is 9.42. The molecule has 0 atom stereocenters. The van der Waals surface area contributed by atoms with Gasteiger partial charge in [0.2, 0.25) is 10.0 Å². The summed E-state index contributed by atoms with van der Waals surface area (Å²) in [7, 11) is -3.38. The Morgan fingerprint density at radius 2 is 1.96 bits per heavy atom. The van der Waals surface area contributed by atoms with Gasteiger partial charge in [0.1, 0.15) is 0 Å². The molecule has 0 amide bonds. The Balaban J connectivity index is 2.63. The second-order valence-electron chi connectivity index (χ2n) is 5.98. The molecule has 0 saturated carbocycles. The van der Waals surface area contributed by atoms with Gasteiger partial charge in [0.05, 0.1) is 12.3 Å². The molecule has 1 aromatic carbocycles. The Hall–Kier alpha value is -1.64. The van der Waals surface area contributed by atoms with Crippen LogP contribution >= 0.6 is 0 Å². The maximum atomic E-state index is 12.1. The molecule has 0 radical (unpaired) electrons. The lowest BCUT2D eigenvalue weighted by Crippen LogP contribution is -2.33. The topological polar surface area (TPSA) is 106 Å². The summed E-state index contributed by atoms with van der Waals surface area (Å²) in [6.45, 7) is 7.95. The van der Waals surface area contributed by atoms with Gasteiger partial charge in [-0.3, -0.25) is 0 Å². The summed E-state index contributed by atoms with van der Waals surface area (Å²) >= 11 is 0. The van der Waals surface area contributed by atoms with Crippen LogP contribution in [-0.2, 0) is 27.1 Å². The monoisotopic (exact) mass is 370 g/mol. The molecule has 1 aromatic rings.